The van der Waals surface area contributed by atoms with E-state index in [1.807, 2.05) is 39.0 Å². The van der Waals surface area contributed by atoms with Gasteiger partial charge in [0.2, 0.25) is 5.91 Å². The van der Waals surface area contributed by atoms with Crippen LogP contribution in [-0.4, -0.2) is 54.8 Å². The van der Waals surface area contributed by atoms with Crippen LogP contribution in [0.15, 0.2) is 65.6 Å². The molecule has 3 rings (SSSR count). The first-order valence-corrected chi connectivity index (χ1v) is 13.6. The van der Waals surface area contributed by atoms with Crippen LogP contribution in [0.25, 0.3) is 0 Å². The summed E-state index contributed by atoms with van der Waals surface area (Å²) in [5.74, 6) is 1.50. The number of carbonyl (C=O) groups is 1. The number of hydrogen-bond donors (Lipinski definition) is 1. The zero-order valence-corrected chi connectivity index (χ0v) is 23.1. The number of rotatable bonds is 13. The fraction of sp³-hybridized carbons (Fsp3) is 0.321. The van der Waals surface area contributed by atoms with Crippen LogP contribution in [0, 0.1) is 13.8 Å². The normalized spacial score (nSPS) is 11.0. The number of nitrogens with zero attached hydrogens (tertiary/aromatic N) is 1. The maximum absolute atomic E-state index is 13.7. The highest BCUT2D eigenvalue weighted by atomic mass is 32.2. The number of amides is 1. The van der Waals surface area contributed by atoms with Crippen LogP contribution in [0.1, 0.15) is 18.1 Å². The monoisotopic (exact) mass is 542 g/mol. The number of ether oxygens (including phenoxy) is 4. The maximum atomic E-state index is 13.7. The Morgan fingerprint density at radius 1 is 0.868 bits per heavy atom. The highest BCUT2D eigenvalue weighted by Crippen LogP contribution is 2.32. The van der Waals surface area contributed by atoms with Crippen LogP contribution in [0.2, 0.25) is 0 Å². The van der Waals surface area contributed by atoms with Gasteiger partial charge in [-0.3, -0.25) is 9.10 Å². The zero-order chi connectivity index (χ0) is 27.7. The minimum Gasteiger partial charge on any atom is -0.494 e. The molecule has 38 heavy (non-hydrogen) atoms. The van der Waals surface area contributed by atoms with Gasteiger partial charge in [0.15, 0.2) is 11.5 Å². The van der Waals surface area contributed by atoms with Crippen molar-refractivity contribution in [3.63, 3.8) is 0 Å². The van der Waals surface area contributed by atoms with Gasteiger partial charge in [0.25, 0.3) is 10.0 Å². The van der Waals surface area contributed by atoms with E-state index in [0.717, 1.165) is 21.2 Å². The lowest BCUT2D eigenvalue weighted by Gasteiger charge is -2.25. The number of nitrogens with one attached hydrogen (secondary N) is 1. The Bertz CT molecular complexity index is 1340. The van der Waals surface area contributed by atoms with Crippen molar-refractivity contribution in [1.29, 1.82) is 0 Å². The third-order valence-electron chi connectivity index (χ3n) is 5.69. The first-order chi connectivity index (χ1) is 18.2. The van der Waals surface area contributed by atoms with Crippen molar-refractivity contribution < 1.29 is 32.2 Å². The Morgan fingerprint density at radius 3 is 2.24 bits per heavy atom. The van der Waals surface area contributed by atoms with E-state index in [4.69, 9.17) is 18.9 Å². The molecule has 9 nitrogen and oxygen atoms in total. The number of benzene rings is 3. The van der Waals surface area contributed by atoms with Crippen LogP contribution in [0.4, 0.5) is 5.69 Å². The zero-order valence-electron chi connectivity index (χ0n) is 22.3. The quantitative estimate of drug-likeness (QED) is 0.324. The molecule has 3 aromatic rings. The van der Waals surface area contributed by atoms with Crippen LogP contribution in [-0.2, 0) is 14.8 Å². The predicted octanol–water partition coefficient (Wildman–Crippen LogP) is 4.11. The number of anilines is 1. The fourth-order valence-corrected chi connectivity index (χ4v) is 5.13. The number of carbonyl (C=O) groups excluding carboxylic acids is 1. The molecule has 1 amide bonds. The van der Waals surface area contributed by atoms with Gasteiger partial charge in [0, 0.05) is 6.07 Å². The van der Waals surface area contributed by atoms with E-state index in [9.17, 15) is 13.2 Å². The molecule has 1 N–H and O–H groups in total. The molecule has 0 fully saturated rings. The molecule has 0 saturated carbocycles. The minimum absolute atomic E-state index is 0.0462. The highest BCUT2D eigenvalue weighted by Gasteiger charge is 2.28. The van der Waals surface area contributed by atoms with Gasteiger partial charge in [0.1, 0.15) is 24.7 Å². The molecule has 0 aromatic heterocycles. The summed E-state index contributed by atoms with van der Waals surface area (Å²) in [6.07, 6.45) is 0. The molecule has 0 aliphatic rings. The van der Waals surface area contributed by atoms with Crippen molar-refractivity contribution in [3.05, 3.63) is 71.8 Å². The van der Waals surface area contributed by atoms with Crippen molar-refractivity contribution in [1.82, 2.24) is 5.32 Å². The molecule has 10 heteroatoms. The molecule has 0 radical (unpaired) electrons. The molecular weight excluding hydrogens is 508 g/mol. The summed E-state index contributed by atoms with van der Waals surface area (Å²) < 4.78 is 50.3. The molecule has 0 saturated heterocycles. The van der Waals surface area contributed by atoms with Gasteiger partial charge in [-0.15, -0.1) is 0 Å². The second-order valence-electron chi connectivity index (χ2n) is 8.42. The third-order valence-corrected chi connectivity index (χ3v) is 7.46. The summed E-state index contributed by atoms with van der Waals surface area (Å²) in [5, 5.41) is 2.74. The van der Waals surface area contributed by atoms with E-state index in [-0.39, 0.29) is 23.8 Å². The standard InChI is InChI=1S/C28H34N2O7S/c1-6-36-23-11-9-22(10-12-23)30(38(32,33)24-13-14-25(34-4)27(18-24)35-5)19-28(31)29-15-16-37-26-17-20(2)7-8-21(26)3/h7-14,17-18H,6,15-16,19H2,1-5H3,(H,29,31). The predicted molar refractivity (Wildman–Crippen MR) is 146 cm³/mol. The molecule has 0 spiro atoms. The lowest BCUT2D eigenvalue weighted by molar-refractivity contribution is -0.119. The van der Waals surface area contributed by atoms with Crippen molar-refractivity contribution >= 4 is 21.6 Å². The molecule has 0 unspecified atom stereocenters. The summed E-state index contributed by atoms with van der Waals surface area (Å²) in [5.41, 5.74) is 2.37. The smallest absolute Gasteiger partial charge is 0.264 e. The van der Waals surface area contributed by atoms with Gasteiger partial charge < -0.3 is 24.3 Å². The Balaban J connectivity index is 1.79. The highest BCUT2D eigenvalue weighted by molar-refractivity contribution is 7.92. The van der Waals surface area contributed by atoms with Crippen molar-refractivity contribution in [2.24, 2.45) is 0 Å². The first-order valence-electron chi connectivity index (χ1n) is 12.1. The van der Waals surface area contributed by atoms with E-state index in [1.165, 1.54) is 32.4 Å². The van der Waals surface area contributed by atoms with Crippen molar-refractivity contribution in [2.75, 3.05) is 44.8 Å². The third kappa shape index (κ3) is 7.10. The van der Waals surface area contributed by atoms with Crippen molar-refractivity contribution in [3.8, 4) is 23.0 Å². The average molecular weight is 543 g/mol. The minimum atomic E-state index is -4.15. The van der Waals surface area contributed by atoms with E-state index < -0.39 is 22.5 Å². The van der Waals surface area contributed by atoms with E-state index in [1.54, 1.807) is 24.3 Å². The largest absolute Gasteiger partial charge is 0.494 e. The number of methoxy groups -OCH3 is 2. The van der Waals surface area contributed by atoms with E-state index in [0.29, 0.717) is 23.8 Å². The molecule has 0 heterocycles. The number of aryl methyl sites for hydroxylation is 2. The molecular formula is C28H34N2O7S. The molecule has 0 aliphatic carbocycles. The van der Waals surface area contributed by atoms with Gasteiger partial charge in [-0.05, 0) is 74.4 Å². The van der Waals surface area contributed by atoms with E-state index >= 15 is 0 Å². The summed E-state index contributed by atoms with van der Waals surface area (Å²) in [6.45, 7) is 6.26. The molecule has 0 atom stereocenters. The Labute approximate surface area is 224 Å². The topological polar surface area (TPSA) is 103 Å². The van der Waals surface area contributed by atoms with E-state index in [2.05, 4.69) is 5.32 Å². The van der Waals surface area contributed by atoms with Gasteiger partial charge >= 0.3 is 0 Å². The average Bonchev–Trinajstić information content (AvgIpc) is 2.91. The van der Waals surface area contributed by atoms with Gasteiger partial charge in [-0.2, -0.15) is 0 Å². The number of hydrogen-bond acceptors (Lipinski definition) is 7. The maximum Gasteiger partial charge on any atom is 0.264 e. The molecule has 204 valence electrons. The second kappa shape index (κ2) is 13.0. The van der Waals surface area contributed by atoms with Crippen molar-refractivity contribution in [2.45, 2.75) is 25.7 Å². The van der Waals surface area contributed by atoms with Crippen LogP contribution >= 0.6 is 0 Å². The summed E-state index contributed by atoms with van der Waals surface area (Å²) in [7, 11) is -1.26. The lowest BCUT2D eigenvalue weighted by atomic mass is 10.1. The summed E-state index contributed by atoms with van der Waals surface area (Å²) in [4.78, 5) is 12.8. The SMILES string of the molecule is CCOc1ccc(N(CC(=O)NCCOc2cc(C)ccc2C)S(=O)(=O)c2ccc(OC)c(OC)c2)cc1. The fourth-order valence-electron chi connectivity index (χ4n) is 3.70. The molecule has 3 aromatic carbocycles. The van der Waals surface area contributed by atoms with Gasteiger partial charge in [-0.25, -0.2) is 8.42 Å². The van der Waals surface area contributed by atoms with Gasteiger partial charge in [0.05, 0.1) is 38.0 Å². The molecule has 0 aliphatic heterocycles. The lowest BCUT2D eigenvalue weighted by Crippen LogP contribution is -2.42. The Hall–Kier alpha value is -3.92. The summed E-state index contributed by atoms with van der Waals surface area (Å²) in [6, 6.07) is 16.7. The van der Waals surface area contributed by atoms with Gasteiger partial charge in [-0.1, -0.05) is 12.1 Å². The summed E-state index contributed by atoms with van der Waals surface area (Å²) >= 11 is 0. The van der Waals surface area contributed by atoms with Crippen LogP contribution in [0.3, 0.4) is 0 Å². The second-order valence-corrected chi connectivity index (χ2v) is 10.3. The Morgan fingerprint density at radius 2 is 1.58 bits per heavy atom. The van der Waals surface area contributed by atoms with Crippen LogP contribution < -0.4 is 28.6 Å². The molecule has 0 bridgehead atoms. The van der Waals surface area contributed by atoms with Crippen LogP contribution in [0.5, 0.6) is 23.0 Å². The first kappa shape index (κ1) is 28.6. The number of sulfonamides is 1. The Kier molecular flexibility index (Phi) is 9.84.